The fourth-order valence-electron chi connectivity index (χ4n) is 1.56. The van der Waals surface area contributed by atoms with E-state index in [0.717, 1.165) is 11.3 Å². The van der Waals surface area contributed by atoms with E-state index >= 15 is 0 Å². The van der Waals surface area contributed by atoms with Crippen LogP contribution in [0.5, 0.6) is 5.75 Å². The van der Waals surface area contributed by atoms with Crippen LogP contribution in [0.1, 0.15) is 5.56 Å². The van der Waals surface area contributed by atoms with E-state index in [0.29, 0.717) is 21.0 Å². The van der Waals surface area contributed by atoms with Crippen molar-refractivity contribution in [3.63, 3.8) is 0 Å². The van der Waals surface area contributed by atoms with Crippen molar-refractivity contribution in [2.75, 3.05) is 0 Å². The molecule has 0 aromatic rings. The zero-order valence-corrected chi connectivity index (χ0v) is 10.7. The molecule has 0 aromatic carbocycles. The number of halogens is 4. The molecular weight excluding hydrogens is 305 g/mol. The highest BCUT2D eigenvalue weighted by atomic mass is 35.5. The van der Waals surface area contributed by atoms with E-state index < -0.39 is 6.36 Å². The topological polar surface area (TPSA) is 35.5 Å². The summed E-state index contributed by atoms with van der Waals surface area (Å²) in [5.74, 6) is -0.311. The molecule has 1 heterocycles. The van der Waals surface area contributed by atoms with Crippen LogP contribution >= 0.6 is 22.9 Å². The minimum absolute atomic E-state index is 0.0260. The quantitative estimate of drug-likeness (QED) is 0.798. The second-order valence-electron chi connectivity index (χ2n) is 3.49. The highest BCUT2D eigenvalue weighted by Crippen LogP contribution is 2.41. The van der Waals surface area contributed by atoms with Gasteiger partial charge in [0.25, 0.3) is 6.47 Å². The van der Waals surface area contributed by atoms with E-state index in [-0.39, 0.29) is 18.8 Å². The van der Waals surface area contributed by atoms with Crippen molar-refractivity contribution in [1.29, 1.82) is 0 Å². The van der Waals surface area contributed by atoms with Crippen LogP contribution in [0.2, 0.25) is 5.02 Å². The largest absolute Gasteiger partial charge is 0.573 e. The maximum Gasteiger partial charge on any atom is 0.573 e. The zero-order chi connectivity index (χ0) is 14.0. The van der Waals surface area contributed by atoms with Crippen molar-refractivity contribution in [2.45, 2.75) is 13.0 Å². The van der Waals surface area contributed by atoms with Crippen LogP contribution in [0.15, 0.2) is 17.5 Å². The monoisotopic (exact) mass is 310 g/mol. The van der Waals surface area contributed by atoms with Gasteiger partial charge in [0.2, 0.25) is 0 Å². The van der Waals surface area contributed by atoms with Gasteiger partial charge in [-0.15, -0.1) is 24.5 Å². The zero-order valence-electron chi connectivity index (χ0n) is 9.16. The molecule has 1 aliphatic carbocycles. The van der Waals surface area contributed by atoms with Gasteiger partial charge in [0.1, 0.15) is 12.4 Å². The van der Waals surface area contributed by atoms with Crippen molar-refractivity contribution in [3.05, 3.63) is 28.1 Å². The van der Waals surface area contributed by atoms with Gasteiger partial charge in [-0.3, -0.25) is 4.79 Å². The van der Waals surface area contributed by atoms with Gasteiger partial charge in [0, 0.05) is 20.8 Å². The molecule has 0 radical (unpaired) electrons. The first kappa shape index (κ1) is 14.0. The Kier molecular flexibility index (Phi) is 3.86. The smallest absolute Gasteiger partial charge is 0.463 e. The Labute approximate surface area is 114 Å². The highest BCUT2D eigenvalue weighted by Gasteiger charge is 2.31. The number of alkyl halides is 3. The second kappa shape index (κ2) is 5.26. The predicted molar refractivity (Wildman–Crippen MR) is 63.5 cm³/mol. The lowest BCUT2D eigenvalue weighted by molar-refractivity contribution is -0.274. The second-order valence-corrected chi connectivity index (χ2v) is 4.78. The van der Waals surface area contributed by atoms with Gasteiger partial charge in [-0.25, -0.2) is 0 Å². The van der Waals surface area contributed by atoms with Crippen LogP contribution in [0.25, 0.3) is 10.4 Å². The lowest BCUT2D eigenvalue weighted by Crippen LogP contribution is -2.16. The first-order chi connectivity index (χ1) is 8.90. The third-order valence-electron chi connectivity index (χ3n) is 2.23. The molecule has 2 aliphatic rings. The molecule has 0 unspecified atom stereocenters. The molecule has 0 saturated heterocycles. The standard InChI is InChI=1S/C11H6ClF3O3S/c12-9-2-6-1-7(18-11(13,14)15)4-19-10(6)8(9)3-17-5-16/h1-2,4-5H,3H2. The van der Waals surface area contributed by atoms with Crippen LogP contribution in [-0.2, 0) is 16.1 Å². The molecule has 2 rings (SSSR count). The minimum Gasteiger partial charge on any atom is -0.463 e. The number of carbonyl (C=O) groups excluding carboxylic acids is 1. The van der Waals surface area contributed by atoms with E-state index in [2.05, 4.69) is 9.47 Å². The SMILES string of the molecule is O=COCc1c(Cl)cc2cc(OC(F)(F)F)csc1-2. The van der Waals surface area contributed by atoms with Crippen molar-refractivity contribution >= 4 is 29.4 Å². The van der Waals surface area contributed by atoms with Crippen LogP contribution in [0, 0.1) is 0 Å². The average Bonchev–Trinajstić information content (AvgIpc) is 2.59. The maximum absolute atomic E-state index is 12.1. The van der Waals surface area contributed by atoms with Gasteiger partial charge in [0.15, 0.2) is 0 Å². The van der Waals surface area contributed by atoms with Crippen molar-refractivity contribution < 1.29 is 27.4 Å². The summed E-state index contributed by atoms with van der Waals surface area (Å²) >= 11 is 6.97. The number of ether oxygens (including phenoxy) is 2. The summed E-state index contributed by atoms with van der Waals surface area (Å²) in [6.45, 7) is 0.253. The summed E-state index contributed by atoms with van der Waals surface area (Å²) in [5.41, 5.74) is 1.06. The van der Waals surface area contributed by atoms with Crippen molar-refractivity contribution in [3.8, 4) is 16.2 Å². The van der Waals surface area contributed by atoms with Gasteiger partial charge in [0.05, 0.1) is 0 Å². The van der Waals surface area contributed by atoms with Gasteiger partial charge >= 0.3 is 6.36 Å². The Bertz CT molecular complexity index is 567. The van der Waals surface area contributed by atoms with Gasteiger partial charge in [-0.05, 0) is 17.7 Å². The van der Waals surface area contributed by atoms with E-state index in [1.165, 1.54) is 17.5 Å². The summed E-state index contributed by atoms with van der Waals surface area (Å²) in [4.78, 5) is 10.8. The summed E-state index contributed by atoms with van der Waals surface area (Å²) in [7, 11) is 0. The van der Waals surface area contributed by atoms with E-state index in [1.807, 2.05) is 0 Å². The van der Waals surface area contributed by atoms with E-state index in [4.69, 9.17) is 11.6 Å². The predicted octanol–water partition coefficient (Wildman–Crippen LogP) is 4.08. The summed E-state index contributed by atoms with van der Waals surface area (Å²) < 4.78 is 44.7. The molecule has 0 aromatic heterocycles. The fourth-order valence-corrected chi connectivity index (χ4v) is 2.80. The summed E-state index contributed by atoms with van der Waals surface area (Å²) in [5, 5.41) is 1.55. The molecule has 0 saturated carbocycles. The number of hydrogen-bond acceptors (Lipinski definition) is 4. The van der Waals surface area contributed by atoms with Crippen molar-refractivity contribution in [2.24, 2.45) is 0 Å². The summed E-state index contributed by atoms with van der Waals surface area (Å²) in [6, 6.07) is 2.73. The lowest BCUT2D eigenvalue weighted by atomic mass is 10.2. The molecule has 19 heavy (non-hydrogen) atoms. The Morgan fingerprint density at radius 2 is 2.11 bits per heavy atom. The molecule has 1 aliphatic heterocycles. The lowest BCUT2D eigenvalue weighted by Gasteiger charge is -2.10. The fraction of sp³-hybridized carbons (Fsp3) is 0.182. The average molecular weight is 311 g/mol. The first-order valence-electron chi connectivity index (χ1n) is 4.91. The Morgan fingerprint density at radius 1 is 1.37 bits per heavy atom. The summed E-state index contributed by atoms with van der Waals surface area (Å²) in [6.07, 6.45) is -4.74. The van der Waals surface area contributed by atoms with E-state index in [1.54, 1.807) is 0 Å². The molecular formula is C11H6ClF3O3S. The third kappa shape index (κ3) is 3.30. The molecule has 0 atom stereocenters. The Morgan fingerprint density at radius 3 is 2.74 bits per heavy atom. The number of hydrogen-bond donors (Lipinski definition) is 0. The van der Waals surface area contributed by atoms with Crippen LogP contribution in [0.4, 0.5) is 13.2 Å². The molecule has 0 fully saturated rings. The van der Waals surface area contributed by atoms with Crippen LogP contribution in [0.3, 0.4) is 0 Å². The van der Waals surface area contributed by atoms with E-state index in [9.17, 15) is 18.0 Å². The molecule has 0 bridgehead atoms. The minimum atomic E-state index is -4.74. The normalized spacial score (nSPS) is 11.6. The third-order valence-corrected chi connectivity index (χ3v) is 3.63. The highest BCUT2D eigenvalue weighted by molar-refractivity contribution is 7.13. The molecule has 0 N–H and O–H groups in total. The number of rotatable bonds is 4. The number of carbonyl (C=O) groups is 1. The molecule has 3 nitrogen and oxygen atoms in total. The van der Waals surface area contributed by atoms with Crippen LogP contribution in [-0.4, -0.2) is 12.8 Å². The van der Waals surface area contributed by atoms with Gasteiger partial charge < -0.3 is 9.47 Å². The Balaban J connectivity index is 2.34. The Hall–Kier alpha value is -1.47. The molecule has 102 valence electrons. The van der Waals surface area contributed by atoms with Gasteiger partial charge in [-0.1, -0.05) is 11.6 Å². The maximum atomic E-state index is 12.1. The first-order valence-corrected chi connectivity index (χ1v) is 6.17. The van der Waals surface area contributed by atoms with Crippen LogP contribution < -0.4 is 4.74 Å². The molecule has 0 spiro atoms. The molecule has 8 heteroatoms. The van der Waals surface area contributed by atoms with Gasteiger partial charge in [-0.2, -0.15) is 0 Å². The number of fused-ring (bicyclic) bond motifs is 1. The van der Waals surface area contributed by atoms with Crippen molar-refractivity contribution in [1.82, 2.24) is 0 Å². The molecule has 0 amide bonds.